The number of rotatable bonds is 5. The topological polar surface area (TPSA) is 72.2 Å². The Balaban J connectivity index is 2.48. The van der Waals surface area contributed by atoms with Crippen LogP contribution in [0.4, 0.5) is 0 Å². The molecule has 6 heteroatoms. The van der Waals surface area contributed by atoms with Crippen LogP contribution in [0.15, 0.2) is 12.1 Å². The fourth-order valence-electron chi connectivity index (χ4n) is 0.989. The molecule has 0 saturated heterocycles. The van der Waals surface area contributed by atoms with E-state index in [2.05, 4.69) is 4.72 Å². The average molecular weight is 234 g/mol. The smallest absolute Gasteiger partial charge is 0.213 e. The third-order valence-electron chi connectivity index (χ3n) is 1.65. The van der Waals surface area contributed by atoms with Gasteiger partial charge in [0.2, 0.25) is 10.0 Å². The van der Waals surface area contributed by atoms with Gasteiger partial charge in [0.15, 0.2) is 0 Å². The molecule has 0 saturated carbocycles. The molecule has 0 radical (unpaired) electrons. The highest BCUT2D eigenvalue weighted by molar-refractivity contribution is 7.89. The van der Waals surface area contributed by atoms with Crippen molar-refractivity contribution in [2.75, 3.05) is 12.3 Å². The number of hydrogen-bond acceptors (Lipinski definition) is 4. The molecule has 0 unspecified atom stereocenters. The van der Waals surface area contributed by atoms with Crippen molar-refractivity contribution < 1.29 is 8.42 Å². The second-order valence-electron chi connectivity index (χ2n) is 2.94. The van der Waals surface area contributed by atoms with Crippen LogP contribution in [0.1, 0.15) is 9.75 Å². The van der Waals surface area contributed by atoms with Gasteiger partial charge in [0.05, 0.1) is 5.75 Å². The largest absolute Gasteiger partial charge is 0.329 e. The number of thiophene rings is 1. The molecule has 80 valence electrons. The van der Waals surface area contributed by atoms with Gasteiger partial charge in [0.1, 0.15) is 0 Å². The van der Waals surface area contributed by atoms with Gasteiger partial charge in [-0.3, -0.25) is 0 Å². The number of sulfonamides is 1. The molecule has 0 spiro atoms. The molecule has 1 aromatic heterocycles. The molecule has 0 atom stereocenters. The summed E-state index contributed by atoms with van der Waals surface area (Å²) in [4.78, 5) is 2.20. The van der Waals surface area contributed by atoms with Gasteiger partial charge in [-0.15, -0.1) is 11.3 Å². The summed E-state index contributed by atoms with van der Waals surface area (Å²) >= 11 is 1.59. The van der Waals surface area contributed by atoms with Crippen molar-refractivity contribution in [3.63, 3.8) is 0 Å². The monoisotopic (exact) mass is 234 g/mol. The second kappa shape index (κ2) is 4.88. The molecule has 14 heavy (non-hydrogen) atoms. The summed E-state index contributed by atoms with van der Waals surface area (Å²) in [7, 11) is -3.19. The molecule has 0 aliphatic heterocycles. The fourth-order valence-corrected chi connectivity index (χ4v) is 2.74. The van der Waals surface area contributed by atoms with Gasteiger partial charge in [-0.2, -0.15) is 0 Å². The van der Waals surface area contributed by atoms with E-state index in [1.54, 1.807) is 11.3 Å². The maximum absolute atomic E-state index is 11.2. The lowest BCUT2D eigenvalue weighted by molar-refractivity contribution is 0.581. The van der Waals surface area contributed by atoms with Gasteiger partial charge in [-0.05, 0) is 19.1 Å². The lowest BCUT2D eigenvalue weighted by atomic mass is 10.4. The van der Waals surface area contributed by atoms with E-state index in [4.69, 9.17) is 5.73 Å². The summed E-state index contributed by atoms with van der Waals surface area (Å²) in [6, 6.07) is 3.89. The number of hydrogen-bond donors (Lipinski definition) is 2. The van der Waals surface area contributed by atoms with Crippen LogP contribution in [0.3, 0.4) is 0 Å². The van der Waals surface area contributed by atoms with Crippen LogP contribution in [0.2, 0.25) is 0 Å². The van der Waals surface area contributed by atoms with E-state index in [0.29, 0.717) is 6.54 Å². The van der Waals surface area contributed by atoms with Crippen molar-refractivity contribution in [1.82, 2.24) is 4.72 Å². The predicted molar refractivity (Wildman–Crippen MR) is 58.7 cm³/mol. The van der Waals surface area contributed by atoms with E-state index in [9.17, 15) is 8.42 Å². The summed E-state index contributed by atoms with van der Waals surface area (Å²) in [5, 5.41) is 0. The van der Waals surface area contributed by atoms with E-state index in [1.165, 1.54) is 4.88 Å². The summed E-state index contributed by atoms with van der Waals surface area (Å²) < 4.78 is 24.9. The summed E-state index contributed by atoms with van der Waals surface area (Å²) in [6.45, 7) is 2.50. The Bertz CT molecular complexity index is 384. The molecule has 0 amide bonds. The molecule has 0 bridgehead atoms. The zero-order valence-electron chi connectivity index (χ0n) is 7.99. The first-order chi connectivity index (χ1) is 6.53. The third kappa shape index (κ3) is 3.75. The quantitative estimate of drug-likeness (QED) is 0.776. The van der Waals surface area contributed by atoms with E-state index in [1.807, 2.05) is 19.1 Å². The van der Waals surface area contributed by atoms with Crippen LogP contribution in [-0.2, 0) is 16.6 Å². The average Bonchev–Trinajstić information content (AvgIpc) is 2.48. The van der Waals surface area contributed by atoms with Crippen molar-refractivity contribution >= 4 is 21.4 Å². The van der Waals surface area contributed by atoms with Gasteiger partial charge >= 0.3 is 0 Å². The van der Waals surface area contributed by atoms with Crippen molar-refractivity contribution in [2.24, 2.45) is 5.73 Å². The van der Waals surface area contributed by atoms with E-state index in [0.717, 1.165) is 4.88 Å². The highest BCUT2D eigenvalue weighted by Crippen LogP contribution is 2.14. The number of aryl methyl sites for hydroxylation is 1. The van der Waals surface area contributed by atoms with Gasteiger partial charge in [-0.25, -0.2) is 13.1 Å². The number of nitrogens with two attached hydrogens (primary N) is 1. The molecular weight excluding hydrogens is 220 g/mol. The first kappa shape index (κ1) is 11.6. The van der Waals surface area contributed by atoms with Gasteiger partial charge < -0.3 is 5.73 Å². The lowest BCUT2D eigenvalue weighted by Gasteiger charge is -2.02. The Kier molecular flexibility index (Phi) is 4.06. The van der Waals surface area contributed by atoms with Crippen molar-refractivity contribution in [1.29, 1.82) is 0 Å². The molecule has 0 aliphatic rings. The SMILES string of the molecule is Cc1ccc(CNS(=O)(=O)CCN)s1. The zero-order chi connectivity index (χ0) is 10.6. The third-order valence-corrected chi connectivity index (χ3v) is 4.01. The van der Waals surface area contributed by atoms with Crippen LogP contribution in [-0.4, -0.2) is 20.7 Å². The normalized spacial score (nSPS) is 11.9. The predicted octanol–water partition coefficient (Wildman–Crippen LogP) is 0.435. The van der Waals surface area contributed by atoms with E-state index >= 15 is 0 Å². The zero-order valence-corrected chi connectivity index (χ0v) is 9.62. The molecule has 0 aliphatic carbocycles. The molecule has 1 aromatic rings. The van der Waals surface area contributed by atoms with Crippen LogP contribution >= 0.6 is 11.3 Å². The van der Waals surface area contributed by atoms with Crippen molar-refractivity contribution in [2.45, 2.75) is 13.5 Å². The second-order valence-corrected chi connectivity index (χ2v) is 6.24. The minimum atomic E-state index is -3.19. The first-order valence-electron chi connectivity index (χ1n) is 4.26. The molecule has 0 fully saturated rings. The maximum Gasteiger partial charge on any atom is 0.213 e. The Labute approximate surface area is 88.2 Å². The summed E-state index contributed by atoms with van der Waals surface area (Å²) in [6.07, 6.45) is 0. The summed E-state index contributed by atoms with van der Waals surface area (Å²) in [5.41, 5.74) is 5.17. The Hall–Kier alpha value is -0.430. The number of nitrogens with one attached hydrogen (secondary N) is 1. The molecule has 3 N–H and O–H groups in total. The van der Waals surface area contributed by atoms with Gasteiger partial charge in [0.25, 0.3) is 0 Å². The van der Waals surface area contributed by atoms with Crippen LogP contribution in [0, 0.1) is 6.92 Å². The Morgan fingerprint density at radius 1 is 1.50 bits per heavy atom. The highest BCUT2D eigenvalue weighted by atomic mass is 32.2. The van der Waals surface area contributed by atoms with Gasteiger partial charge in [0, 0.05) is 22.8 Å². The molecular formula is C8H14N2O2S2. The fraction of sp³-hybridized carbons (Fsp3) is 0.500. The van der Waals surface area contributed by atoms with Gasteiger partial charge in [-0.1, -0.05) is 0 Å². The van der Waals surface area contributed by atoms with Crippen LogP contribution < -0.4 is 10.5 Å². The molecule has 0 aromatic carbocycles. The highest BCUT2D eigenvalue weighted by Gasteiger charge is 2.08. The van der Waals surface area contributed by atoms with Crippen molar-refractivity contribution in [3.05, 3.63) is 21.9 Å². The molecule has 4 nitrogen and oxygen atoms in total. The maximum atomic E-state index is 11.2. The van der Waals surface area contributed by atoms with Crippen molar-refractivity contribution in [3.8, 4) is 0 Å². The Morgan fingerprint density at radius 2 is 2.21 bits per heavy atom. The lowest BCUT2D eigenvalue weighted by Crippen LogP contribution is -2.29. The first-order valence-corrected chi connectivity index (χ1v) is 6.73. The van der Waals surface area contributed by atoms with E-state index in [-0.39, 0.29) is 12.3 Å². The van der Waals surface area contributed by atoms with Crippen LogP contribution in [0.25, 0.3) is 0 Å². The van der Waals surface area contributed by atoms with Crippen LogP contribution in [0.5, 0.6) is 0 Å². The summed E-state index contributed by atoms with van der Waals surface area (Å²) in [5.74, 6) is -0.0165. The molecule has 1 rings (SSSR count). The Morgan fingerprint density at radius 3 is 2.71 bits per heavy atom. The standard InChI is InChI=1S/C8H14N2O2S2/c1-7-2-3-8(13-7)6-10-14(11,12)5-4-9/h2-3,10H,4-6,9H2,1H3. The molecule has 1 heterocycles. The minimum Gasteiger partial charge on any atom is -0.329 e. The van der Waals surface area contributed by atoms with E-state index < -0.39 is 10.0 Å². The minimum absolute atomic E-state index is 0.0165.